The standard InChI is InChI=1S/C12H15BrFNO2S/c1-11(2,3)17-10(16)15-6-12(14,7-15)8-4-5-9(13)18-8/h4-5H,6-7H2,1-3H3. The molecular weight excluding hydrogens is 321 g/mol. The van der Waals surface area contributed by atoms with E-state index >= 15 is 0 Å². The Morgan fingerprint density at radius 3 is 2.56 bits per heavy atom. The van der Waals surface area contributed by atoms with Crippen LogP contribution in [0.3, 0.4) is 0 Å². The molecule has 0 saturated carbocycles. The maximum absolute atomic E-state index is 14.4. The number of halogens is 2. The molecule has 2 rings (SSSR count). The quantitative estimate of drug-likeness (QED) is 0.778. The molecule has 0 N–H and O–H groups in total. The van der Waals surface area contributed by atoms with Crippen molar-refractivity contribution in [2.24, 2.45) is 0 Å². The topological polar surface area (TPSA) is 29.5 Å². The second-order valence-corrected chi connectivity index (χ2v) is 7.87. The average molecular weight is 336 g/mol. The molecule has 0 unspecified atom stereocenters. The maximum Gasteiger partial charge on any atom is 0.410 e. The molecular formula is C12H15BrFNO2S. The summed E-state index contributed by atoms with van der Waals surface area (Å²) in [5, 5.41) is 0. The Labute approximate surface area is 118 Å². The molecule has 18 heavy (non-hydrogen) atoms. The van der Waals surface area contributed by atoms with Gasteiger partial charge in [-0.2, -0.15) is 0 Å². The van der Waals surface area contributed by atoms with Crippen LogP contribution in [0.2, 0.25) is 0 Å². The fourth-order valence-electron chi connectivity index (χ4n) is 1.73. The van der Waals surface area contributed by atoms with Crippen LogP contribution in [0.1, 0.15) is 25.6 Å². The predicted molar refractivity (Wildman–Crippen MR) is 72.6 cm³/mol. The highest BCUT2D eigenvalue weighted by Crippen LogP contribution is 2.41. The van der Waals surface area contributed by atoms with Crippen molar-refractivity contribution < 1.29 is 13.9 Å². The lowest BCUT2D eigenvalue weighted by Gasteiger charge is -2.43. The van der Waals surface area contributed by atoms with Crippen LogP contribution < -0.4 is 0 Å². The number of carbonyl (C=O) groups excluding carboxylic acids is 1. The monoisotopic (exact) mass is 335 g/mol. The van der Waals surface area contributed by atoms with Crippen molar-refractivity contribution in [3.8, 4) is 0 Å². The molecule has 0 bridgehead atoms. The molecule has 100 valence electrons. The van der Waals surface area contributed by atoms with Gasteiger partial charge in [-0.25, -0.2) is 9.18 Å². The smallest absolute Gasteiger partial charge is 0.410 e. The summed E-state index contributed by atoms with van der Waals surface area (Å²) in [6.07, 6.45) is -0.452. The Morgan fingerprint density at radius 2 is 2.11 bits per heavy atom. The second kappa shape index (κ2) is 4.49. The number of rotatable bonds is 1. The number of nitrogens with zero attached hydrogens (tertiary/aromatic N) is 1. The second-order valence-electron chi connectivity index (χ2n) is 5.41. The fraction of sp³-hybridized carbons (Fsp3) is 0.583. The normalized spacial score (nSPS) is 18.4. The van der Waals surface area contributed by atoms with Gasteiger partial charge in [-0.15, -0.1) is 11.3 Å². The molecule has 2 heterocycles. The Balaban J connectivity index is 1.95. The minimum absolute atomic E-state index is 0.0644. The molecule has 1 saturated heterocycles. The molecule has 0 radical (unpaired) electrons. The number of amides is 1. The van der Waals surface area contributed by atoms with E-state index in [1.807, 2.05) is 6.07 Å². The molecule has 1 fully saturated rings. The van der Waals surface area contributed by atoms with Crippen LogP contribution in [0.4, 0.5) is 9.18 Å². The minimum atomic E-state index is -1.42. The molecule has 0 atom stereocenters. The first-order valence-corrected chi connectivity index (χ1v) is 7.23. The van der Waals surface area contributed by atoms with Gasteiger partial charge >= 0.3 is 6.09 Å². The van der Waals surface area contributed by atoms with Crippen LogP contribution >= 0.6 is 27.3 Å². The largest absolute Gasteiger partial charge is 0.444 e. The zero-order valence-corrected chi connectivity index (χ0v) is 12.9. The number of ether oxygens (including phenoxy) is 1. The van der Waals surface area contributed by atoms with Crippen molar-refractivity contribution in [2.75, 3.05) is 13.1 Å². The lowest BCUT2D eigenvalue weighted by Crippen LogP contribution is -2.59. The molecule has 1 amide bonds. The van der Waals surface area contributed by atoms with Gasteiger partial charge in [-0.05, 0) is 48.8 Å². The third-order valence-corrected chi connectivity index (χ3v) is 4.35. The predicted octanol–water partition coefficient (Wildman–Crippen LogP) is 3.93. The van der Waals surface area contributed by atoms with Crippen LogP contribution in [0.5, 0.6) is 0 Å². The van der Waals surface area contributed by atoms with Gasteiger partial charge in [0.15, 0.2) is 5.67 Å². The molecule has 3 nitrogen and oxygen atoms in total. The van der Waals surface area contributed by atoms with E-state index in [4.69, 9.17) is 4.74 Å². The Hall–Kier alpha value is -0.620. The third kappa shape index (κ3) is 2.85. The van der Waals surface area contributed by atoms with Crippen LogP contribution in [-0.2, 0) is 10.4 Å². The number of thiophene rings is 1. The van der Waals surface area contributed by atoms with Crippen molar-refractivity contribution in [3.63, 3.8) is 0 Å². The van der Waals surface area contributed by atoms with E-state index in [0.717, 1.165) is 3.79 Å². The number of carbonyl (C=O) groups is 1. The lowest BCUT2D eigenvalue weighted by atomic mass is 9.95. The number of hydrogen-bond acceptors (Lipinski definition) is 3. The zero-order chi connectivity index (χ0) is 13.6. The molecule has 1 aliphatic rings. The average Bonchev–Trinajstić information content (AvgIpc) is 2.57. The van der Waals surface area contributed by atoms with Gasteiger partial charge in [-0.3, -0.25) is 0 Å². The van der Waals surface area contributed by atoms with Crippen molar-refractivity contribution in [1.82, 2.24) is 4.90 Å². The highest BCUT2D eigenvalue weighted by atomic mass is 79.9. The van der Waals surface area contributed by atoms with Crippen LogP contribution in [0, 0.1) is 0 Å². The number of likely N-dealkylation sites (tertiary alicyclic amines) is 1. The molecule has 0 aromatic carbocycles. The van der Waals surface area contributed by atoms with Gasteiger partial charge in [0.2, 0.25) is 0 Å². The van der Waals surface area contributed by atoms with E-state index in [1.54, 1.807) is 26.8 Å². The van der Waals surface area contributed by atoms with E-state index in [2.05, 4.69) is 15.9 Å². The van der Waals surface area contributed by atoms with Gasteiger partial charge in [0.1, 0.15) is 5.60 Å². The van der Waals surface area contributed by atoms with Crippen molar-refractivity contribution >= 4 is 33.4 Å². The van der Waals surface area contributed by atoms with Crippen LogP contribution in [-0.4, -0.2) is 29.7 Å². The summed E-state index contributed by atoms with van der Waals surface area (Å²) in [5.41, 5.74) is -1.97. The third-order valence-electron chi connectivity index (χ3n) is 2.55. The minimum Gasteiger partial charge on any atom is -0.444 e. The fourth-order valence-corrected chi connectivity index (χ4v) is 3.17. The summed E-state index contributed by atoms with van der Waals surface area (Å²) >= 11 is 4.67. The van der Waals surface area contributed by atoms with Crippen LogP contribution in [0.25, 0.3) is 0 Å². The van der Waals surface area contributed by atoms with Crippen molar-refractivity contribution in [1.29, 1.82) is 0 Å². The van der Waals surface area contributed by atoms with E-state index in [1.165, 1.54) is 16.2 Å². The summed E-state index contributed by atoms with van der Waals surface area (Å²) in [6, 6.07) is 3.57. The van der Waals surface area contributed by atoms with Crippen LogP contribution in [0.15, 0.2) is 15.9 Å². The van der Waals surface area contributed by atoms with E-state index in [-0.39, 0.29) is 13.1 Å². The zero-order valence-electron chi connectivity index (χ0n) is 10.5. The molecule has 1 aliphatic heterocycles. The van der Waals surface area contributed by atoms with Crippen molar-refractivity contribution in [3.05, 3.63) is 20.8 Å². The summed E-state index contributed by atoms with van der Waals surface area (Å²) < 4.78 is 20.5. The summed E-state index contributed by atoms with van der Waals surface area (Å²) in [5.74, 6) is 0. The van der Waals surface area contributed by atoms with Gasteiger partial charge in [0.05, 0.1) is 16.9 Å². The van der Waals surface area contributed by atoms with Gasteiger partial charge < -0.3 is 9.64 Å². The molecule has 1 aromatic rings. The lowest BCUT2D eigenvalue weighted by molar-refractivity contribution is -0.0521. The van der Waals surface area contributed by atoms with E-state index < -0.39 is 17.4 Å². The highest BCUT2D eigenvalue weighted by Gasteiger charge is 2.49. The number of alkyl halides is 1. The van der Waals surface area contributed by atoms with Gasteiger partial charge in [0.25, 0.3) is 0 Å². The molecule has 1 aromatic heterocycles. The van der Waals surface area contributed by atoms with E-state index in [0.29, 0.717) is 4.88 Å². The Kier molecular flexibility index (Phi) is 3.44. The van der Waals surface area contributed by atoms with Gasteiger partial charge in [-0.1, -0.05) is 0 Å². The first-order chi connectivity index (χ1) is 8.20. The summed E-state index contributed by atoms with van der Waals surface area (Å²) in [4.78, 5) is 13.7. The molecule has 0 spiro atoms. The summed E-state index contributed by atoms with van der Waals surface area (Å²) in [7, 11) is 0. The Bertz CT molecular complexity index is 463. The van der Waals surface area contributed by atoms with E-state index in [9.17, 15) is 9.18 Å². The number of hydrogen-bond donors (Lipinski definition) is 0. The first-order valence-electron chi connectivity index (χ1n) is 5.62. The maximum atomic E-state index is 14.4. The summed E-state index contributed by atoms with van der Waals surface area (Å²) in [6.45, 7) is 5.51. The van der Waals surface area contributed by atoms with Crippen molar-refractivity contribution in [2.45, 2.75) is 32.0 Å². The highest BCUT2D eigenvalue weighted by molar-refractivity contribution is 9.11. The van der Waals surface area contributed by atoms with Gasteiger partial charge in [0, 0.05) is 4.88 Å². The molecule has 0 aliphatic carbocycles. The molecule has 6 heteroatoms. The first kappa shape index (κ1) is 13.8. The Morgan fingerprint density at radius 1 is 1.50 bits per heavy atom. The SMILES string of the molecule is CC(C)(C)OC(=O)N1CC(F)(c2ccc(Br)s2)C1.